The Morgan fingerprint density at radius 2 is 1.17 bits per heavy atom. The lowest BCUT2D eigenvalue weighted by Crippen LogP contribution is -2.51. The molecule has 0 unspecified atom stereocenters. The summed E-state index contributed by atoms with van der Waals surface area (Å²) in [7, 11) is 0. The normalized spacial score (nSPS) is 14.8. The minimum absolute atomic E-state index is 0.0197. The highest BCUT2D eigenvalue weighted by atomic mass is 19.2. The molecule has 0 saturated carbocycles. The minimum Gasteiger partial charge on any atom is -0.462 e. The maximum atomic E-state index is 18.1. The van der Waals surface area contributed by atoms with Gasteiger partial charge in [0.1, 0.15) is 5.57 Å². The fraction of sp³-hybridized carbons (Fsp3) is 0.0930. The van der Waals surface area contributed by atoms with Crippen LogP contribution in [0.25, 0.3) is 41.0 Å². The molecule has 0 amide bonds. The second-order valence-corrected chi connectivity index (χ2v) is 12.2. The van der Waals surface area contributed by atoms with Crippen molar-refractivity contribution in [3.8, 4) is 11.1 Å². The Kier molecular flexibility index (Phi) is 9.50. The maximum absolute atomic E-state index is 18.1. The zero-order valence-corrected chi connectivity index (χ0v) is 28.7. The first-order chi connectivity index (χ1) is 25.3. The van der Waals surface area contributed by atoms with Crippen molar-refractivity contribution in [2.24, 2.45) is 0 Å². The van der Waals surface area contributed by atoms with Gasteiger partial charge in [0.05, 0.1) is 24.4 Å². The fourth-order valence-corrected chi connectivity index (χ4v) is 6.87. The summed E-state index contributed by atoms with van der Waals surface area (Å²) < 4.78 is 49.1. The summed E-state index contributed by atoms with van der Waals surface area (Å²) in [6, 6.07) is 36.5. The van der Waals surface area contributed by atoms with Crippen LogP contribution in [0.15, 0.2) is 139 Å². The number of hydrogen-bond acceptors (Lipinski definition) is 4. The summed E-state index contributed by atoms with van der Waals surface area (Å²) in [4.78, 5) is 27.9. The molecule has 0 spiro atoms. The molecule has 1 aromatic heterocycles. The number of rotatable bonds is 10. The Hall–Kier alpha value is -6.35. The predicted molar refractivity (Wildman–Crippen MR) is 203 cm³/mol. The van der Waals surface area contributed by atoms with Crippen molar-refractivity contribution in [3.63, 3.8) is 0 Å². The van der Waals surface area contributed by atoms with E-state index in [9.17, 15) is 9.59 Å². The fourth-order valence-electron chi connectivity index (χ4n) is 6.87. The maximum Gasteiger partial charge on any atom is 0.737 e. The van der Waals surface area contributed by atoms with Crippen LogP contribution in [0.1, 0.15) is 52.3 Å². The number of nitrogens with zero attached hydrogens (tertiary/aromatic N) is 2. The van der Waals surface area contributed by atoms with Crippen LogP contribution in [-0.2, 0) is 14.3 Å². The quantitative estimate of drug-likeness (QED) is 0.108. The van der Waals surface area contributed by atoms with Gasteiger partial charge in [-0.05, 0) is 48.3 Å². The third kappa shape index (κ3) is 6.15. The van der Waals surface area contributed by atoms with E-state index in [-0.39, 0.29) is 47.1 Å². The summed E-state index contributed by atoms with van der Waals surface area (Å²) >= 11 is 0. The molecular formula is C43H35BF2N2O4. The molecule has 4 aromatic carbocycles. The van der Waals surface area contributed by atoms with Crippen molar-refractivity contribution < 1.29 is 32.2 Å². The van der Waals surface area contributed by atoms with Gasteiger partial charge in [0.25, 0.3) is 0 Å². The Morgan fingerprint density at radius 1 is 0.673 bits per heavy atom. The molecular weight excluding hydrogens is 657 g/mol. The summed E-state index contributed by atoms with van der Waals surface area (Å²) in [5, 5.41) is 0. The number of carbonyl (C=O) groups is 2. The molecule has 0 radical (unpaired) electrons. The molecule has 0 N–H and O–H groups in total. The van der Waals surface area contributed by atoms with Crippen molar-refractivity contribution in [1.82, 2.24) is 4.48 Å². The minimum atomic E-state index is -4.79. The van der Waals surface area contributed by atoms with Gasteiger partial charge >= 0.3 is 18.9 Å². The smallest absolute Gasteiger partial charge is 0.462 e. The van der Waals surface area contributed by atoms with Crippen molar-refractivity contribution >= 4 is 54.5 Å². The molecule has 0 atom stereocenters. The van der Waals surface area contributed by atoms with E-state index in [0.717, 1.165) is 20.1 Å². The molecule has 5 aromatic rings. The van der Waals surface area contributed by atoms with E-state index in [1.165, 1.54) is 0 Å². The van der Waals surface area contributed by atoms with Crippen LogP contribution >= 0.6 is 0 Å². The largest absolute Gasteiger partial charge is 0.737 e. The summed E-state index contributed by atoms with van der Waals surface area (Å²) in [5.41, 5.74) is 3.48. The Morgan fingerprint density at radius 3 is 1.73 bits per heavy atom. The molecule has 0 fully saturated rings. The molecule has 7 rings (SSSR count). The van der Waals surface area contributed by atoms with E-state index in [2.05, 4.69) is 0 Å². The molecule has 3 heterocycles. The first-order valence-electron chi connectivity index (χ1n) is 17.2. The van der Waals surface area contributed by atoms with Gasteiger partial charge in [0.15, 0.2) is 11.4 Å². The van der Waals surface area contributed by atoms with E-state index in [4.69, 9.17) is 9.47 Å². The van der Waals surface area contributed by atoms with Gasteiger partial charge in [-0.3, -0.25) is 0 Å². The van der Waals surface area contributed by atoms with E-state index >= 15 is 8.63 Å². The van der Waals surface area contributed by atoms with Crippen LogP contribution in [-0.4, -0.2) is 46.8 Å². The standard InChI is InChI=1S/C43H35BF2N2O4/c1-3-51-42(49)40-34(27-25-30-17-9-5-10-18-30)47-36(38(40)32-21-13-7-14-22-32)29-37-39(33-23-15-8-16-24-33)41(43(50)52-4-2)35(48(37)44(47,45)46)28-26-31-19-11-6-12-20-31/h5-29H,3-4H2,1-2H3/b27-25+,28-26+. The highest BCUT2D eigenvalue weighted by Gasteiger charge is 2.58. The third-order valence-corrected chi connectivity index (χ3v) is 9.01. The molecule has 0 bridgehead atoms. The number of carbonyl (C=O) groups excluding carboxylic acids is 2. The Labute approximate surface area is 301 Å². The average molecular weight is 693 g/mol. The molecule has 9 heteroatoms. The van der Waals surface area contributed by atoms with Crippen LogP contribution in [0.2, 0.25) is 0 Å². The Bertz CT molecular complexity index is 2310. The van der Waals surface area contributed by atoms with Crippen LogP contribution in [0.3, 0.4) is 0 Å². The van der Waals surface area contributed by atoms with Gasteiger partial charge in [-0.25, -0.2) is 9.59 Å². The predicted octanol–water partition coefficient (Wildman–Crippen LogP) is 9.28. The lowest BCUT2D eigenvalue weighted by atomic mass is 9.87. The highest BCUT2D eigenvalue weighted by molar-refractivity contribution is 6.60. The van der Waals surface area contributed by atoms with E-state index < -0.39 is 18.9 Å². The van der Waals surface area contributed by atoms with Gasteiger partial charge in [-0.1, -0.05) is 127 Å². The highest BCUT2D eigenvalue weighted by Crippen LogP contribution is 2.47. The monoisotopic (exact) mass is 692 g/mol. The van der Waals surface area contributed by atoms with Gasteiger partial charge < -0.3 is 27.1 Å². The van der Waals surface area contributed by atoms with E-state index in [1.807, 2.05) is 72.8 Å². The molecule has 0 aliphatic carbocycles. The van der Waals surface area contributed by atoms with E-state index in [0.29, 0.717) is 22.3 Å². The average Bonchev–Trinajstić information content (AvgIpc) is 3.69. The Balaban J connectivity index is 1.61. The number of allylic oxidation sites excluding steroid dienone is 2. The molecule has 0 saturated heterocycles. The number of ether oxygens (including phenoxy) is 2. The number of fused-ring (bicyclic) bond motifs is 2. The van der Waals surface area contributed by atoms with Crippen molar-refractivity contribution in [2.75, 3.05) is 13.2 Å². The molecule has 258 valence electrons. The van der Waals surface area contributed by atoms with Crippen LogP contribution in [0.4, 0.5) is 8.63 Å². The first-order valence-corrected chi connectivity index (χ1v) is 17.2. The number of hydrogen-bond donors (Lipinski definition) is 0. The number of aromatic nitrogens is 1. The lowest BCUT2D eigenvalue weighted by molar-refractivity contribution is -0.358. The first kappa shape index (κ1) is 34.1. The lowest BCUT2D eigenvalue weighted by Gasteiger charge is -2.31. The summed E-state index contributed by atoms with van der Waals surface area (Å²) in [5.74, 6) is -1.44. The zero-order chi connectivity index (χ0) is 36.2. The third-order valence-electron chi connectivity index (χ3n) is 9.01. The van der Waals surface area contributed by atoms with Crippen molar-refractivity contribution in [3.05, 3.63) is 172 Å². The van der Waals surface area contributed by atoms with Gasteiger partial charge in [0.2, 0.25) is 0 Å². The SMILES string of the molecule is CCOC(=O)C1=C(c2ccccc2)C2=Cc3c(-c4ccccc4)c(C(=O)OCC)c(/C=C/c4ccccc4)n3[B-](F)(F)[N+]2=C1/C=C/c1ccccc1. The topological polar surface area (TPSA) is 60.5 Å². The second kappa shape index (κ2) is 14.5. The van der Waals surface area contributed by atoms with Crippen LogP contribution in [0.5, 0.6) is 0 Å². The van der Waals surface area contributed by atoms with E-state index in [1.54, 1.807) is 92.8 Å². The van der Waals surface area contributed by atoms with Gasteiger partial charge in [0, 0.05) is 29.1 Å². The van der Waals surface area contributed by atoms with Crippen molar-refractivity contribution in [2.45, 2.75) is 13.8 Å². The van der Waals surface area contributed by atoms with Crippen LogP contribution in [0, 0.1) is 0 Å². The number of benzene rings is 4. The zero-order valence-electron chi connectivity index (χ0n) is 28.7. The molecule has 2 aliphatic heterocycles. The summed E-state index contributed by atoms with van der Waals surface area (Å²) in [6.45, 7) is -1.33. The molecule has 52 heavy (non-hydrogen) atoms. The van der Waals surface area contributed by atoms with Gasteiger partial charge in [-0.15, -0.1) is 0 Å². The van der Waals surface area contributed by atoms with Gasteiger partial charge in [-0.2, -0.15) is 0 Å². The van der Waals surface area contributed by atoms with Crippen molar-refractivity contribution in [1.29, 1.82) is 0 Å². The second-order valence-electron chi connectivity index (χ2n) is 12.2. The van der Waals surface area contributed by atoms with Crippen LogP contribution < -0.4 is 0 Å². The molecule has 6 nitrogen and oxygen atoms in total. The number of halogens is 2. The molecule has 2 aliphatic rings. The number of esters is 2. The summed E-state index contributed by atoms with van der Waals surface area (Å²) in [6.07, 6.45) is 8.13.